The van der Waals surface area contributed by atoms with Crippen LogP contribution in [0.25, 0.3) is 11.1 Å². The van der Waals surface area contributed by atoms with Gasteiger partial charge in [-0.1, -0.05) is 6.07 Å². The number of aromatic nitrogens is 2. The largest absolute Gasteiger partial charge is 0.481 e. The zero-order valence-corrected chi connectivity index (χ0v) is 11.1. The number of pyridine rings is 2. The Morgan fingerprint density at radius 2 is 2.05 bits per heavy atom. The molecule has 0 aliphatic carbocycles. The Balaban J connectivity index is 2.30. The van der Waals surface area contributed by atoms with E-state index in [1.165, 1.54) is 7.11 Å². The maximum Gasteiger partial charge on any atom is 0.331 e. The van der Waals surface area contributed by atoms with Crippen LogP contribution < -0.4 is 4.74 Å². The van der Waals surface area contributed by atoms with E-state index < -0.39 is 7.60 Å². The Labute approximate surface area is 110 Å². The lowest BCUT2D eigenvalue weighted by Crippen LogP contribution is -1.94. The van der Waals surface area contributed by atoms with Crippen molar-refractivity contribution in [2.24, 2.45) is 0 Å². The third-order valence-electron chi connectivity index (χ3n) is 2.47. The summed E-state index contributed by atoms with van der Waals surface area (Å²) in [6.45, 7) is 0. The number of ether oxygens (including phenoxy) is 1. The van der Waals surface area contributed by atoms with E-state index in [4.69, 9.17) is 14.5 Å². The van der Waals surface area contributed by atoms with Crippen LogP contribution in [0.5, 0.6) is 5.88 Å². The minimum absolute atomic E-state index is 0.347. The van der Waals surface area contributed by atoms with Gasteiger partial charge in [0.2, 0.25) is 5.88 Å². The molecule has 0 aromatic carbocycles. The number of methoxy groups -OCH3 is 1. The average molecular weight is 280 g/mol. The summed E-state index contributed by atoms with van der Waals surface area (Å²) >= 11 is 0. The van der Waals surface area contributed by atoms with Gasteiger partial charge in [-0.05, 0) is 18.2 Å². The molecule has 0 fully saturated rings. The molecule has 0 saturated heterocycles. The predicted molar refractivity (Wildman–Crippen MR) is 69.8 cm³/mol. The van der Waals surface area contributed by atoms with Crippen LogP contribution in [0.15, 0.2) is 36.7 Å². The molecule has 0 atom stereocenters. The SMILES string of the molecule is COc1ncccc1-c1ccc(CP(=O)(O)O)nc1. The lowest BCUT2D eigenvalue weighted by atomic mass is 10.1. The van der Waals surface area contributed by atoms with Crippen LogP contribution in [0, 0.1) is 0 Å². The Bertz CT molecular complexity index is 609. The molecule has 2 heterocycles. The molecule has 2 aromatic rings. The van der Waals surface area contributed by atoms with E-state index >= 15 is 0 Å². The van der Waals surface area contributed by atoms with Crippen molar-refractivity contribution in [3.63, 3.8) is 0 Å². The summed E-state index contributed by atoms with van der Waals surface area (Å²) in [5.41, 5.74) is 1.90. The Hall–Kier alpha value is -1.75. The number of nitrogens with zero attached hydrogens (tertiary/aromatic N) is 2. The highest BCUT2D eigenvalue weighted by atomic mass is 31.2. The van der Waals surface area contributed by atoms with E-state index in [0.717, 1.165) is 11.1 Å². The van der Waals surface area contributed by atoms with Gasteiger partial charge in [-0.2, -0.15) is 0 Å². The molecule has 2 rings (SSSR count). The van der Waals surface area contributed by atoms with Crippen LogP contribution in [0.3, 0.4) is 0 Å². The zero-order chi connectivity index (χ0) is 13.9. The number of rotatable bonds is 4. The van der Waals surface area contributed by atoms with Crippen LogP contribution in [0.1, 0.15) is 5.69 Å². The highest BCUT2D eigenvalue weighted by Gasteiger charge is 2.15. The lowest BCUT2D eigenvalue weighted by Gasteiger charge is -2.08. The topological polar surface area (TPSA) is 92.5 Å². The number of hydrogen-bond donors (Lipinski definition) is 2. The molecule has 0 bridgehead atoms. The lowest BCUT2D eigenvalue weighted by molar-refractivity contribution is 0.371. The van der Waals surface area contributed by atoms with Crippen LogP contribution in [0.4, 0.5) is 0 Å². The fourth-order valence-electron chi connectivity index (χ4n) is 1.66. The van der Waals surface area contributed by atoms with Gasteiger partial charge in [0.25, 0.3) is 0 Å². The molecule has 0 unspecified atom stereocenters. The first-order chi connectivity index (χ1) is 8.99. The third kappa shape index (κ3) is 3.61. The standard InChI is InChI=1S/C12H13N2O4P/c1-18-12-11(3-2-6-13-12)9-4-5-10(14-7-9)8-19(15,16)17/h2-7H,8H2,1H3,(H2,15,16,17). The van der Waals surface area contributed by atoms with Crippen molar-refractivity contribution in [1.29, 1.82) is 0 Å². The second-order valence-electron chi connectivity index (χ2n) is 3.92. The summed E-state index contributed by atoms with van der Waals surface area (Å²) in [6.07, 6.45) is 2.81. The molecular weight excluding hydrogens is 267 g/mol. The van der Waals surface area contributed by atoms with Gasteiger partial charge in [-0.15, -0.1) is 0 Å². The Morgan fingerprint density at radius 1 is 1.26 bits per heavy atom. The first-order valence-corrected chi connectivity index (χ1v) is 7.28. The van der Waals surface area contributed by atoms with Crippen molar-refractivity contribution in [3.05, 3.63) is 42.4 Å². The van der Waals surface area contributed by atoms with Crippen molar-refractivity contribution in [1.82, 2.24) is 9.97 Å². The minimum atomic E-state index is -4.09. The van der Waals surface area contributed by atoms with Gasteiger partial charge in [-0.25, -0.2) is 4.98 Å². The van der Waals surface area contributed by atoms with Crippen LogP contribution >= 0.6 is 7.60 Å². The molecule has 100 valence electrons. The van der Waals surface area contributed by atoms with Crippen LogP contribution in [-0.4, -0.2) is 26.9 Å². The quantitative estimate of drug-likeness (QED) is 0.830. The van der Waals surface area contributed by atoms with Crippen LogP contribution in [-0.2, 0) is 10.7 Å². The van der Waals surface area contributed by atoms with Crippen molar-refractivity contribution < 1.29 is 19.1 Å². The first kappa shape index (κ1) is 13.7. The predicted octanol–water partition coefficient (Wildman–Crippen LogP) is 1.83. The van der Waals surface area contributed by atoms with Gasteiger partial charge in [0.15, 0.2) is 0 Å². The molecule has 2 N–H and O–H groups in total. The van der Waals surface area contributed by atoms with Gasteiger partial charge in [0.1, 0.15) is 0 Å². The molecule has 0 amide bonds. The fraction of sp³-hybridized carbons (Fsp3) is 0.167. The van der Waals surface area contributed by atoms with E-state index in [1.54, 1.807) is 30.6 Å². The van der Waals surface area contributed by atoms with Gasteiger partial charge < -0.3 is 14.5 Å². The summed E-state index contributed by atoms with van der Waals surface area (Å²) < 4.78 is 16.0. The first-order valence-electron chi connectivity index (χ1n) is 5.48. The van der Waals surface area contributed by atoms with Crippen LogP contribution in [0.2, 0.25) is 0 Å². The van der Waals surface area contributed by atoms with E-state index in [2.05, 4.69) is 9.97 Å². The molecule has 0 aliphatic heterocycles. The van der Waals surface area contributed by atoms with Gasteiger partial charge in [0, 0.05) is 23.5 Å². The van der Waals surface area contributed by atoms with E-state index in [1.807, 2.05) is 6.07 Å². The second-order valence-corrected chi connectivity index (χ2v) is 5.57. The molecule has 0 spiro atoms. The summed E-state index contributed by atoms with van der Waals surface area (Å²) in [4.78, 5) is 25.9. The maximum absolute atomic E-state index is 10.9. The maximum atomic E-state index is 10.9. The zero-order valence-electron chi connectivity index (χ0n) is 10.2. The second kappa shape index (κ2) is 5.48. The smallest absolute Gasteiger partial charge is 0.331 e. The van der Waals surface area contributed by atoms with E-state index in [-0.39, 0.29) is 6.16 Å². The fourth-order valence-corrected chi connectivity index (χ4v) is 2.27. The minimum Gasteiger partial charge on any atom is -0.481 e. The van der Waals surface area contributed by atoms with E-state index in [0.29, 0.717) is 11.6 Å². The summed E-state index contributed by atoms with van der Waals surface area (Å²) in [5.74, 6) is 0.479. The molecule has 19 heavy (non-hydrogen) atoms. The summed E-state index contributed by atoms with van der Waals surface area (Å²) in [6, 6.07) is 6.94. The summed E-state index contributed by atoms with van der Waals surface area (Å²) in [7, 11) is -2.56. The molecule has 2 aromatic heterocycles. The highest BCUT2D eigenvalue weighted by molar-refractivity contribution is 7.50. The Morgan fingerprint density at radius 3 is 2.63 bits per heavy atom. The van der Waals surface area contributed by atoms with Crippen molar-refractivity contribution >= 4 is 7.60 Å². The van der Waals surface area contributed by atoms with E-state index in [9.17, 15) is 4.57 Å². The van der Waals surface area contributed by atoms with Gasteiger partial charge in [0.05, 0.1) is 19.0 Å². The molecule has 0 aliphatic rings. The highest BCUT2D eigenvalue weighted by Crippen LogP contribution is 2.38. The van der Waals surface area contributed by atoms with Gasteiger partial charge >= 0.3 is 7.60 Å². The number of hydrogen-bond acceptors (Lipinski definition) is 4. The van der Waals surface area contributed by atoms with Crippen molar-refractivity contribution in [2.45, 2.75) is 6.16 Å². The molecule has 0 saturated carbocycles. The average Bonchev–Trinajstić information content (AvgIpc) is 2.38. The third-order valence-corrected chi connectivity index (χ3v) is 3.20. The summed E-state index contributed by atoms with van der Waals surface area (Å²) in [5, 5.41) is 0. The monoisotopic (exact) mass is 280 g/mol. The van der Waals surface area contributed by atoms with Crippen molar-refractivity contribution in [2.75, 3.05) is 7.11 Å². The molecular formula is C12H13N2O4P. The molecule has 6 nitrogen and oxygen atoms in total. The normalized spacial score (nSPS) is 11.3. The van der Waals surface area contributed by atoms with Crippen molar-refractivity contribution in [3.8, 4) is 17.0 Å². The molecule has 7 heteroatoms. The molecule has 0 radical (unpaired) electrons. The van der Waals surface area contributed by atoms with Gasteiger partial charge in [-0.3, -0.25) is 9.55 Å². The Kier molecular flexibility index (Phi) is 3.95.